The Bertz CT molecular complexity index is 369. The van der Waals surface area contributed by atoms with Crippen LogP contribution in [0.25, 0.3) is 0 Å². The van der Waals surface area contributed by atoms with E-state index in [4.69, 9.17) is 0 Å². The normalized spacial score (nSPS) is 9.60. The SMILES string of the molecule is CCCC(=O)C(=O)OOC(C)C.CCCC(=O)C(=O)OOC(C)C.[Ti]. The first-order valence-corrected chi connectivity index (χ1v) is 7.96. The van der Waals surface area contributed by atoms with Crippen molar-refractivity contribution in [3.63, 3.8) is 0 Å². The molecular formula is C16H28O8Ti. The van der Waals surface area contributed by atoms with E-state index in [9.17, 15) is 19.2 Å². The van der Waals surface area contributed by atoms with Crippen LogP contribution >= 0.6 is 0 Å². The molecule has 25 heavy (non-hydrogen) atoms. The summed E-state index contributed by atoms with van der Waals surface area (Å²) in [6, 6.07) is 0. The standard InChI is InChI=1S/2C8H14O4.Ti/c2*1-4-5-7(9)8(10)12-11-6(2)3;/h2*6H,4-5H2,1-3H3;. The molecule has 0 spiro atoms. The van der Waals surface area contributed by atoms with E-state index in [1.807, 2.05) is 13.8 Å². The second-order valence-corrected chi connectivity index (χ2v) is 5.38. The zero-order valence-electron chi connectivity index (χ0n) is 15.7. The number of carbonyl (C=O) groups excluding carboxylic acids is 4. The monoisotopic (exact) mass is 396 g/mol. The Balaban J connectivity index is -0.000000372. The van der Waals surface area contributed by atoms with E-state index < -0.39 is 23.5 Å². The first-order chi connectivity index (χ1) is 11.1. The number of rotatable bonds is 10. The Morgan fingerprint density at radius 1 is 0.680 bits per heavy atom. The van der Waals surface area contributed by atoms with Crippen LogP contribution in [0.5, 0.6) is 0 Å². The summed E-state index contributed by atoms with van der Waals surface area (Å²) in [6.45, 7) is 10.5. The average molecular weight is 396 g/mol. The van der Waals surface area contributed by atoms with Gasteiger partial charge in [0.1, 0.15) is 0 Å². The topological polar surface area (TPSA) is 105 Å². The van der Waals surface area contributed by atoms with E-state index in [1.54, 1.807) is 27.7 Å². The minimum Gasteiger partial charge on any atom is -0.289 e. The molecule has 0 fully saturated rings. The van der Waals surface area contributed by atoms with E-state index in [0.29, 0.717) is 12.8 Å². The Morgan fingerprint density at radius 3 is 1.16 bits per heavy atom. The number of Topliss-reactive ketones (excluding diaryl/α,β-unsaturated/α-hetero) is 2. The number of carbonyl (C=O) groups is 4. The van der Waals surface area contributed by atoms with Crippen molar-refractivity contribution in [2.75, 3.05) is 0 Å². The summed E-state index contributed by atoms with van der Waals surface area (Å²) >= 11 is 0. The first-order valence-electron chi connectivity index (χ1n) is 7.96. The van der Waals surface area contributed by atoms with Gasteiger partial charge >= 0.3 is 11.9 Å². The summed E-state index contributed by atoms with van der Waals surface area (Å²) in [5, 5.41) is 0. The minimum atomic E-state index is -0.912. The Kier molecular flexibility index (Phi) is 20.4. The summed E-state index contributed by atoms with van der Waals surface area (Å²) in [5.74, 6) is -2.91. The molecule has 0 saturated heterocycles. The molecule has 0 aliphatic carbocycles. The van der Waals surface area contributed by atoms with Crippen LogP contribution in [0.2, 0.25) is 0 Å². The van der Waals surface area contributed by atoms with Crippen molar-refractivity contribution in [1.82, 2.24) is 0 Å². The molecule has 0 aromatic rings. The molecule has 0 saturated carbocycles. The summed E-state index contributed by atoms with van der Waals surface area (Å²) in [4.78, 5) is 60.5. The molecule has 0 bridgehead atoms. The van der Waals surface area contributed by atoms with Gasteiger partial charge in [0.05, 0.1) is 12.2 Å². The first kappa shape index (κ1) is 28.7. The Hall–Kier alpha value is -1.09. The number of ketones is 2. The van der Waals surface area contributed by atoms with Crippen molar-refractivity contribution >= 4 is 23.5 Å². The largest absolute Gasteiger partial charge is 0.408 e. The third-order valence-corrected chi connectivity index (χ3v) is 2.04. The van der Waals surface area contributed by atoms with E-state index >= 15 is 0 Å². The van der Waals surface area contributed by atoms with Crippen LogP contribution in [-0.4, -0.2) is 35.7 Å². The van der Waals surface area contributed by atoms with Gasteiger partial charge in [0, 0.05) is 34.6 Å². The van der Waals surface area contributed by atoms with Crippen LogP contribution in [0.1, 0.15) is 67.2 Å². The maximum absolute atomic E-state index is 10.8. The van der Waals surface area contributed by atoms with Crippen LogP contribution in [0.4, 0.5) is 0 Å². The van der Waals surface area contributed by atoms with Crippen molar-refractivity contribution in [3.8, 4) is 0 Å². The fourth-order valence-corrected chi connectivity index (χ4v) is 1.03. The van der Waals surface area contributed by atoms with Gasteiger partial charge in [0.2, 0.25) is 11.6 Å². The molecule has 0 rings (SSSR count). The molecule has 0 aromatic heterocycles. The quantitative estimate of drug-likeness (QED) is 0.240. The van der Waals surface area contributed by atoms with Gasteiger partial charge < -0.3 is 0 Å². The van der Waals surface area contributed by atoms with E-state index in [2.05, 4.69) is 19.6 Å². The van der Waals surface area contributed by atoms with Crippen LogP contribution in [-0.2, 0) is 60.4 Å². The molecule has 0 radical (unpaired) electrons. The number of hydrogen-bond acceptors (Lipinski definition) is 8. The predicted molar refractivity (Wildman–Crippen MR) is 84.5 cm³/mol. The molecule has 9 heteroatoms. The summed E-state index contributed by atoms with van der Waals surface area (Å²) in [6.07, 6.45) is 1.25. The zero-order chi connectivity index (χ0) is 19.1. The molecule has 0 aromatic carbocycles. The third-order valence-electron chi connectivity index (χ3n) is 2.04. The molecule has 0 aliphatic heterocycles. The summed E-state index contributed by atoms with van der Waals surface area (Å²) in [5.41, 5.74) is 0. The van der Waals surface area contributed by atoms with E-state index in [1.165, 1.54) is 0 Å². The summed E-state index contributed by atoms with van der Waals surface area (Å²) in [7, 11) is 0. The number of hydrogen-bond donors (Lipinski definition) is 0. The van der Waals surface area contributed by atoms with Crippen molar-refractivity contribution < 1.29 is 60.4 Å². The van der Waals surface area contributed by atoms with Gasteiger partial charge in [0.15, 0.2) is 0 Å². The predicted octanol–water partition coefficient (Wildman–Crippen LogP) is 2.48. The average Bonchev–Trinajstić information content (AvgIpc) is 2.51. The van der Waals surface area contributed by atoms with Gasteiger partial charge in [-0.15, -0.1) is 0 Å². The van der Waals surface area contributed by atoms with Crippen LogP contribution in [0.3, 0.4) is 0 Å². The van der Waals surface area contributed by atoms with Gasteiger partial charge in [-0.25, -0.2) is 9.59 Å². The van der Waals surface area contributed by atoms with E-state index in [0.717, 1.165) is 0 Å². The molecule has 0 N–H and O–H groups in total. The van der Waals surface area contributed by atoms with Crippen molar-refractivity contribution in [3.05, 3.63) is 0 Å². The molecule has 0 aliphatic rings. The molecule has 0 heterocycles. The maximum Gasteiger partial charge on any atom is 0.408 e. The summed E-state index contributed by atoms with van der Waals surface area (Å²) < 4.78 is 0. The van der Waals surface area contributed by atoms with Gasteiger partial charge in [0.25, 0.3) is 0 Å². The fraction of sp³-hybridized carbons (Fsp3) is 0.750. The second kappa shape index (κ2) is 17.7. The molecule has 8 nitrogen and oxygen atoms in total. The van der Waals surface area contributed by atoms with Gasteiger partial charge in [-0.2, -0.15) is 9.78 Å². The van der Waals surface area contributed by atoms with Crippen molar-refractivity contribution in [2.24, 2.45) is 0 Å². The Morgan fingerprint density at radius 2 is 0.960 bits per heavy atom. The van der Waals surface area contributed by atoms with Crippen LogP contribution in [0.15, 0.2) is 0 Å². The van der Waals surface area contributed by atoms with E-state index in [-0.39, 0.29) is 46.8 Å². The third kappa shape index (κ3) is 19.1. The Labute approximate surface area is 163 Å². The molecule has 144 valence electrons. The zero-order valence-corrected chi connectivity index (χ0v) is 17.3. The van der Waals surface area contributed by atoms with Gasteiger partial charge in [-0.1, -0.05) is 13.8 Å². The maximum atomic E-state index is 10.8. The molecular weight excluding hydrogens is 368 g/mol. The van der Waals surface area contributed by atoms with Crippen molar-refractivity contribution in [2.45, 2.75) is 79.4 Å². The van der Waals surface area contributed by atoms with Gasteiger partial charge in [-0.3, -0.25) is 19.4 Å². The minimum absolute atomic E-state index is 0. The van der Waals surface area contributed by atoms with Crippen molar-refractivity contribution in [1.29, 1.82) is 0 Å². The molecule has 0 unspecified atom stereocenters. The van der Waals surface area contributed by atoms with Crippen LogP contribution in [0, 0.1) is 0 Å². The molecule has 0 atom stereocenters. The molecule has 0 amide bonds. The fourth-order valence-electron chi connectivity index (χ4n) is 1.03. The second-order valence-electron chi connectivity index (χ2n) is 5.38. The van der Waals surface area contributed by atoms with Gasteiger partial charge in [-0.05, 0) is 40.5 Å². The smallest absolute Gasteiger partial charge is 0.289 e. The van der Waals surface area contributed by atoms with Crippen LogP contribution < -0.4 is 0 Å².